The van der Waals surface area contributed by atoms with Gasteiger partial charge in [0.25, 0.3) is 0 Å². The molecule has 0 bridgehead atoms. The summed E-state index contributed by atoms with van der Waals surface area (Å²) in [6, 6.07) is 7.88. The summed E-state index contributed by atoms with van der Waals surface area (Å²) in [5.74, 6) is 1.07. The van der Waals surface area contributed by atoms with E-state index in [4.69, 9.17) is 4.74 Å². The fourth-order valence-electron chi connectivity index (χ4n) is 4.29. The summed E-state index contributed by atoms with van der Waals surface area (Å²) in [6.45, 7) is 7.51. The summed E-state index contributed by atoms with van der Waals surface area (Å²) in [6.07, 6.45) is 2.58. The zero-order chi connectivity index (χ0) is 20.1. The highest BCUT2D eigenvalue weighted by Crippen LogP contribution is 2.32. The van der Waals surface area contributed by atoms with Gasteiger partial charge in [0.05, 0.1) is 19.1 Å². The average Bonchev–Trinajstić information content (AvgIpc) is 2.77. The van der Waals surface area contributed by atoms with Crippen LogP contribution in [0.2, 0.25) is 0 Å². The van der Waals surface area contributed by atoms with Crippen molar-refractivity contribution in [2.75, 3.05) is 39.8 Å². The Balaban J connectivity index is 1.76. The van der Waals surface area contributed by atoms with Crippen molar-refractivity contribution < 1.29 is 14.3 Å². The van der Waals surface area contributed by atoms with E-state index in [2.05, 4.69) is 5.32 Å². The highest BCUT2D eigenvalue weighted by atomic mass is 16.5. The molecule has 3 rings (SSSR count). The van der Waals surface area contributed by atoms with Gasteiger partial charge in [0, 0.05) is 44.2 Å². The fraction of sp³-hybridized carbons (Fsp3) is 0.636. The van der Waals surface area contributed by atoms with Crippen molar-refractivity contribution in [3.63, 3.8) is 0 Å². The van der Waals surface area contributed by atoms with E-state index in [1.807, 2.05) is 47.9 Å². The number of nitrogens with one attached hydrogen (secondary N) is 1. The number of piperazine rings is 1. The lowest BCUT2D eigenvalue weighted by atomic mass is 9.93. The largest absolute Gasteiger partial charge is 0.496 e. The van der Waals surface area contributed by atoms with E-state index >= 15 is 0 Å². The smallest absolute Gasteiger partial charge is 0.228 e. The molecule has 154 valence electrons. The molecule has 2 fully saturated rings. The topological polar surface area (TPSA) is 61.9 Å². The molecule has 2 heterocycles. The zero-order valence-electron chi connectivity index (χ0n) is 17.3. The van der Waals surface area contributed by atoms with Crippen LogP contribution in [-0.4, -0.2) is 61.4 Å². The third kappa shape index (κ3) is 4.32. The molecule has 1 N–H and O–H groups in total. The van der Waals surface area contributed by atoms with Gasteiger partial charge in [0.15, 0.2) is 0 Å². The molecule has 6 heteroatoms. The second-order valence-corrected chi connectivity index (χ2v) is 7.93. The van der Waals surface area contributed by atoms with Crippen LogP contribution in [0, 0.1) is 11.8 Å². The van der Waals surface area contributed by atoms with E-state index in [1.165, 1.54) is 0 Å². The molecule has 2 aliphatic rings. The summed E-state index contributed by atoms with van der Waals surface area (Å²) in [7, 11) is 1.67. The molecule has 0 radical (unpaired) electrons. The molecule has 28 heavy (non-hydrogen) atoms. The minimum absolute atomic E-state index is 0.0226. The van der Waals surface area contributed by atoms with Crippen molar-refractivity contribution in [1.29, 1.82) is 0 Å². The van der Waals surface area contributed by atoms with E-state index in [9.17, 15) is 9.59 Å². The normalized spacial score (nSPS) is 24.0. The van der Waals surface area contributed by atoms with Crippen LogP contribution in [0.4, 0.5) is 0 Å². The number of piperidine rings is 1. The molecule has 2 amide bonds. The van der Waals surface area contributed by atoms with Crippen molar-refractivity contribution in [2.45, 2.75) is 39.2 Å². The van der Waals surface area contributed by atoms with Gasteiger partial charge in [0.2, 0.25) is 11.8 Å². The quantitative estimate of drug-likeness (QED) is 0.843. The Morgan fingerprint density at radius 2 is 2.07 bits per heavy atom. The molecule has 0 aromatic heterocycles. The van der Waals surface area contributed by atoms with Crippen molar-refractivity contribution in [3.05, 3.63) is 29.8 Å². The van der Waals surface area contributed by atoms with E-state index in [1.54, 1.807) is 7.11 Å². The number of methoxy groups -OCH3 is 1. The Labute approximate surface area is 168 Å². The number of hydrogen-bond acceptors (Lipinski definition) is 4. The maximum absolute atomic E-state index is 13.5. The predicted octanol–water partition coefficient (Wildman–Crippen LogP) is 2.45. The highest BCUT2D eigenvalue weighted by Gasteiger charge is 2.36. The van der Waals surface area contributed by atoms with Crippen LogP contribution >= 0.6 is 0 Å². The standard InChI is InChI=1S/C22H33N3O3/c1-4-16(2)21(26)24-12-7-8-17(15-24)22(27)25-13-11-23-14-19(25)18-9-5-6-10-20(18)28-3/h5-6,9-10,16-17,19,23H,4,7-8,11-15H2,1-3H3. The number of para-hydroxylation sites is 1. The number of benzene rings is 1. The second kappa shape index (κ2) is 9.41. The van der Waals surface area contributed by atoms with E-state index in [-0.39, 0.29) is 29.7 Å². The number of likely N-dealkylation sites (tertiary alicyclic amines) is 1. The van der Waals surface area contributed by atoms with E-state index in [0.29, 0.717) is 19.6 Å². The van der Waals surface area contributed by atoms with Crippen LogP contribution < -0.4 is 10.1 Å². The van der Waals surface area contributed by atoms with Crippen molar-refractivity contribution in [2.24, 2.45) is 11.8 Å². The van der Waals surface area contributed by atoms with Crippen molar-refractivity contribution in [1.82, 2.24) is 15.1 Å². The van der Waals surface area contributed by atoms with E-state index < -0.39 is 0 Å². The molecule has 3 unspecified atom stereocenters. The van der Waals surface area contributed by atoms with E-state index in [0.717, 1.165) is 43.7 Å². The number of carbonyl (C=O) groups excluding carboxylic acids is 2. The summed E-state index contributed by atoms with van der Waals surface area (Å²) >= 11 is 0. The number of ether oxygens (including phenoxy) is 1. The molecular weight excluding hydrogens is 354 g/mol. The Kier molecular flexibility index (Phi) is 6.94. The molecule has 1 aromatic carbocycles. The molecule has 2 saturated heterocycles. The van der Waals surface area contributed by atoms with Crippen LogP contribution in [0.15, 0.2) is 24.3 Å². The Hall–Kier alpha value is -2.08. The molecule has 6 nitrogen and oxygen atoms in total. The van der Waals surface area contributed by atoms with Gasteiger partial charge in [-0.1, -0.05) is 32.0 Å². The first kappa shape index (κ1) is 20.6. The van der Waals surface area contributed by atoms with Crippen LogP contribution in [0.3, 0.4) is 0 Å². The summed E-state index contributed by atoms with van der Waals surface area (Å²) in [4.78, 5) is 30.0. The van der Waals surface area contributed by atoms with Crippen LogP contribution in [0.5, 0.6) is 5.75 Å². The molecule has 2 aliphatic heterocycles. The summed E-state index contributed by atoms with van der Waals surface area (Å²) in [5, 5.41) is 3.41. The second-order valence-electron chi connectivity index (χ2n) is 7.93. The van der Waals surface area contributed by atoms with Crippen LogP contribution in [0.25, 0.3) is 0 Å². The predicted molar refractivity (Wildman–Crippen MR) is 109 cm³/mol. The maximum Gasteiger partial charge on any atom is 0.228 e. The monoisotopic (exact) mass is 387 g/mol. The molecule has 0 spiro atoms. The number of carbonyl (C=O) groups is 2. The minimum Gasteiger partial charge on any atom is -0.496 e. The van der Waals surface area contributed by atoms with Gasteiger partial charge in [-0.15, -0.1) is 0 Å². The first-order valence-electron chi connectivity index (χ1n) is 10.5. The van der Waals surface area contributed by atoms with Gasteiger partial charge in [-0.3, -0.25) is 9.59 Å². The number of amides is 2. The Morgan fingerprint density at radius 1 is 1.29 bits per heavy atom. The first-order valence-corrected chi connectivity index (χ1v) is 10.5. The fourth-order valence-corrected chi connectivity index (χ4v) is 4.29. The Bertz CT molecular complexity index is 693. The van der Waals surface area contributed by atoms with Gasteiger partial charge in [-0.05, 0) is 25.3 Å². The molecule has 1 aromatic rings. The third-order valence-corrected chi connectivity index (χ3v) is 6.14. The number of hydrogen-bond donors (Lipinski definition) is 1. The van der Waals surface area contributed by atoms with Crippen molar-refractivity contribution >= 4 is 11.8 Å². The molecule has 3 atom stereocenters. The highest BCUT2D eigenvalue weighted by molar-refractivity contribution is 5.82. The third-order valence-electron chi connectivity index (χ3n) is 6.14. The lowest BCUT2D eigenvalue weighted by Crippen LogP contribution is -2.53. The number of rotatable bonds is 5. The lowest BCUT2D eigenvalue weighted by molar-refractivity contribution is -0.144. The molecule has 0 aliphatic carbocycles. The first-order chi connectivity index (χ1) is 13.6. The maximum atomic E-state index is 13.5. The average molecular weight is 388 g/mol. The van der Waals surface area contributed by atoms with Gasteiger partial charge in [-0.2, -0.15) is 0 Å². The van der Waals surface area contributed by atoms with Gasteiger partial charge in [-0.25, -0.2) is 0 Å². The summed E-state index contributed by atoms with van der Waals surface area (Å²) in [5.41, 5.74) is 1.04. The minimum atomic E-state index is -0.114. The summed E-state index contributed by atoms with van der Waals surface area (Å²) < 4.78 is 5.54. The number of nitrogens with zero attached hydrogens (tertiary/aromatic N) is 2. The molecule has 0 saturated carbocycles. The SMILES string of the molecule is CCC(C)C(=O)N1CCCC(C(=O)N2CCNCC2c2ccccc2OC)C1. The zero-order valence-corrected chi connectivity index (χ0v) is 17.3. The van der Waals surface area contributed by atoms with Crippen LogP contribution in [0.1, 0.15) is 44.7 Å². The van der Waals surface area contributed by atoms with Crippen LogP contribution in [-0.2, 0) is 9.59 Å². The lowest BCUT2D eigenvalue weighted by Gasteiger charge is -2.41. The van der Waals surface area contributed by atoms with Gasteiger partial charge < -0.3 is 19.9 Å². The van der Waals surface area contributed by atoms with Gasteiger partial charge in [0.1, 0.15) is 5.75 Å². The molecular formula is C22H33N3O3. The Morgan fingerprint density at radius 3 is 2.82 bits per heavy atom. The van der Waals surface area contributed by atoms with Gasteiger partial charge >= 0.3 is 0 Å². The van der Waals surface area contributed by atoms with Crippen molar-refractivity contribution in [3.8, 4) is 5.75 Å².